The first-order chi connectivity index (χ1) is 30.9. The lowest BCUT2D eigenvalue weighted by molar-refractivity contribution is -0.149. The van der Waals surface area contributed by atoms with E-state index < -0.39 is 0 Å². The number of imide groups is 3. The maximum atomic E-state index is 13.0. The molecule has 0 bridgehead atoms. The van der Waals surface area contributed by atoms with E-state index in [1.807, 2.05) is 57.2 Å². The first kappa shape index (κ1) is 44.5. The highest BCUT2D eigenvalue weighted by Crippen LogP contribution is 2.39. The van der Waals surface area contributed by atoms with Crippen molar-refractivity contribution in [3.8, 4) is 5.88 Å². The third-order valence-corrected chi connectivity index (χ3v) is 13.8. The summed E-state index contributed by atoms with van der Waals surface area (Å²) in [7, 11) is 0. The summed E-state index contributed by atoms with van der Waals surface area (Å²) in [5, 5.41) is 0. The second-order valence-corrected chi connectivity index (χ2v) is 17.8. The largest absolute Gasteiger partial charge is 0.473 e. The van der Waals surface area contributed by atoms with Gasteiger partial charge in [-0.2, -0.15) is 0 Å². The molecular weight excluding hydrogens is 813 g/mol. The van der Waals surface area contributed by atoms with E-state index in [-0.39, 0.29) is 97.2 Å². The highest BCUT2D eigenvalue weighted by Gasteiger charge is 2.44. The number of ketones is 2. The Morgan fingerprint density at radius 3 is 1.44 bits per heavy atom. The minimum Gasteiger partial charge on any atom is -0.473 e. The molecule has 0 atom stereocenters. The Kier molecular flexibility index (Phi) is 13.2. The van der Waals surface area contributed by atoms with Gasteiger partial charge in [-0.15, -0.1) is 0 Å². The van der Waals surface area contributed by atoms with Gasteiger partial charge in [-0.1, -0.05) is 51.1 Å². The summed E-state index contributed by atoms with van der Waals surface area (Å²) in [4.78, 5) is 107. The first-order valence-corrected chi connectivity index (χ1v) is 23.1. The van der Waals surface area contributed by atoms with Crippen molar-refractivity contribution < 1.29 is 43.1 Å². The van der Waals surface area contributed by atoms with E-state index >= 15 is 0 Å². The monoisotopic (exact) mass is 868 g/mol. The molecule has 3 saturated carbocycles. The van der Waals surface area contributed by atoms with Crippen LogP contribution in [0.15, 0.2) is 82.0 Å². The van der Waals surface area contributed by atoms with Crippen molar-refractivity contribution in [1.82, 2.24) is 19.7 Å². The molecule has 5 aliphatic carbocycles. The molecule has 64 heavy (non-hydrogen) atoms. The number of aromatic nitrogens is 1. The van der Waals surface area contributed by atoms with Crippen molar-refractivity contribution in [1.29, 1.82) is 0 Å². The molecule has 0 spiro atoms. The third kappa shape index (κ3) is 8.73. The van der Waals surface area contributed by atoms with E-state index in [0.29, 0.717) is 54.2 Å². The number of rotatable bonds is 9. The molecule has 4 heterocycles. The lowest BCUT2D eigenvalue weighted by Crippen LogP contribution is -2.51. The fraction of sp³-hybridized carbons (Fsp3) is 0.471. The quantitative estimate of drug-likeness (QED) is 0.237. The standard InChI is InChI=1S/C21H22N2O3.2C15H17NO3/c1-2-15-11-18(26-13-14-7-4-3-5-8-14)22-17-12-19(24)23(16-9-6-10-16)21(25)20(15)17;2*1-2-9-6-12(17)7-10-8-13(18)16(11-4-3-5-11)15(19)14(9)10/h3-5,7-8,11,16H,2,6,9-10,12-13H2,1H3;2*6,11H,2-5,7-8H2,1H3. The van der Waals surface area contributed by atoms with Gasteiger partial charge >= 0.3 is 0 Å². The van der Waals surface area contributed by atoms with E-state index in [1.165, 1.54) is 14.7 Å². The molecule has 1 aromatic heterocycles. The van der Waals surface area contributed by atoms with Gasteiger partial charge in [-0.25, -0.2) is 4.98 Å². The van der Waals surface area contributed by atoms with E-state index in [4.69, 9.17) is 4.74 Å². The van der Waals surface area contributed by atoms with E-state index in [0.717, 1.165) is 91.2 Å². The number of allylic oxidation sites excluding steroid dienone is 2. The Labute approximate surface area is 373 Å². The topological polar surface area (TPSA) is 168 Å². The maximum absolute atomic E-state index is 13.0. The molecule has 0 unspecified atom stereocenters. The van der Waals surface area contributed by atoms with Gasteiger partial charge in [0.1, 0.15) is 6.61 Å². The fourth-order valence-corrected chi connectivity index (χ4v) is 9.73. The maximum Gasteiger partial charge on any atom is 0.262 e. The summed E-state index contributed by atoms with van der Waals surface area (Å²) in [6.45, 7) is 6.29. The fourth-order valence-electron chi connectivity index (χ4n) is 9.73. The average molecular weight is 869 g/mol. The zero-order valence-corrected chi connectivity index (χ0v) is 37.0. The number of hydrogen-bond donors (Lipinski definition) is 0. The van der Waals surface area contributed by atoms with Crippen LogP contribution in [-0.2, 0) is 53.0 Å². The molecule has 3 fully saturated rings. The van der Waals surface area contributed by atoms with Crippen molar-refractivity contribution in [3.05, 3.63) is 104 Å². The molecule has 0 N–H and O–H groups in total. The van der Waals surface area contributed by atoms with Crippen molar-refractivity contribution in [3.63, 3.8) is 0 Å². The van der Waals surface area contributed by atoms with Crippen LogP contribution in [-0.4, -0.2) is 84.8 Å². The van der Waals surface area contributed by atoms with E-state index in [2.05, 4.69) is 4.98 Å². The Hall–Kier alpha value is -6.11. The molecule has 0 saturated heterocycles. The second-order valence-electron chi connectivity index (χ2n) is 17.8. The van der Waals surface area contributed by atoms with Crippen molar-refractivity contribution in [2.24, 2.45) is 0 Å². The van der Waals surface area contributed by atoms with Crippen molar-refractivity contribution in [2.75, 3.05) is 0 Å². The van der Waals surface area contributed by atoms with Gasteiger partial charge in [0.2, 0.25) is 23.6 Å². The van der Waals surface area contributed by atoms with E-state index in [9.17, 15) is 38.4 Å². The van der Waals surface area contributed by atoms with Gasteiger partial charge in [0, 0.05) is 61.0 Å². The molecular formula is C51H56N4O9. The summed E-state index contributed by atoms with van der Waals surface area (Å²) in [6, 6.07) is 11.9. The minimum absolute atomic E-state index is 0.00768. The predicted octanol–water partition coefficient (Wildman–Crippen LogP) is 7.11. The van der Waals surface area contributed by atoms with Crippen LogP contribution < -0.4 is 4.74 Å². The van der Waals surface area contributed by atoms with Crippen LogP contribution in [0.1, 0.15) is 144 Å². The van der Waals surface area contributed by atoms with Crippen LogP contribution in [0, 0.1) is 0 Å². The van der Waals surface area contributed by atoms with Gasteiger partial charge in [0.15, 0.2) is 11.6 Å². The number of hydrogen-bond acceptors (Lipinski definition) is 10. The molecule has 3 aliphatic heterocycles. The normalized spacial score (nSPS) is 21.4. The van der Waals surface area contributed by atoms with Crippen LogP contribution in [0.5, 0.6) is 5.88 Å². The summed E-state index contributed by atoms with van der Waals surface area (Å²) in [5.74, 6) is -0.420. The van der Waals surface area contributed by atoms with Gasteiger partial charge in [0.05, 0.1) is 17.7 Å². The van der Waals surface area contributed by atoms with Gasteiger partial charge < -0.3 is 4.74 Å². The summed E-state index contributed by atoms with van der Waals surface area (Å²) in [6.07, 6.45) is 15.0. The molecule has 13 heteroatoms. The summed E-state index contributed by atoms with van der Waals surface area (Å²) >= 11 is 0. The smallest absolute Gasteiger partial charge is 0.262 e. The Balaban J connectivity index is 0.000000134. The second kappa shape index (κ2) is 18.9. The zero-order valence-electron chi connectivity index (χ0n) is 37.0. The minimum atomic E-state index is -0.181. The SMILES string of the molecule is CCC1=CC(=O)CC2=C1C(=O)N(C1CCC1)C(=O)C2.CCC1=CC(=O)CC2=C1C(=O)N(C1CCC1)C(=O)C2.CCc1cc(OCc2ccccc2)nc2c1C(=O)N(C1CCC1)C(=O)C2. The first-order valence-electron chi connectivity index (χ1n) is 23.1. The number of amides is 6. The number of benzene rings is 1. The Bertz CT molecular complexity index is 2350. The molecule has 13 nitrogen and oxygen atoms in total. The van der Waals surface area contributed by atoms with Crippen molar-refractivity contribution in [2.45, 2.75) is 155 Å². The number of nitrogens with zero attached hydrogens (tertiary/aromatic N) is 4. The lowest BCUT2D eigenvalue weighted by atomic mass is 9.81. The van der Waals surface area contributed by atoms with Crippen LogP contribution in [0.3, 0.4) is 0 Å². The predicted molar refractivity (Wildman–Crippen MR) is 235 cm³/mol. The number of aryl methyl sites for hydroxylation is 1. The summed E-state index contributed by atoms with van der Waals surface area (Å²) < 4.78 is 5.83. The number of carbonyl (C=O) groups is 8. The molecule has 1 aromatic carbocycles. The number of ether oxygens (including phenoxy) is 1. The Morgan fingerprint density at radius 1 is 0.562 bits per heavy atom. The van der Waals surface area contributed by atoms with Gasteiger partial charge in [0.25, 0.3) is 17.7 Å². The molecule has 2 aromatic rings. The van der Waals surface area contributed by atoms with Crippen LogP contribution in [0.2, 0.25) is 0 Å². The number of pyridine rings is 1. The van der Waals surface area contributed by atoms with Crippen LogP contribution >= 0.6 is 0 Å². The third-order valence-electron chi connectivity index (χ3n) is 13.8. The molecule has 10 rings (SSSR count). The highest BCUT2D eigenvalue weighted by molar-refractivity contribution is 6.16. The van der Waals surface area contributed by atoms with Crippen molar-refractivity contribution >= 4 is 47.0 Å². The Morgan fingerprint density at radius 2 is 1.02 bits per heavy atom. The van der Waals surface area contributed by atoms with Crippen LogP contribution in [0.25, 0.3) is 0 Å². The van der Waals surface area contributed by atoms with E-state index in [1.54, 1.807) is 12.2 Å². The number of carbonyl (C=O) groups excluding carboxylic acids is 8. The molecule has 334 valence electrons. The number of fused-ring (bicyclic) bond motifs is 1. The average Bonchev–Trinajstić information content (AvgIpc) is 3.21. The molecule has 6 amide bonds. The van der Waals surface area contributed by atoms with Crippen LogP contribution in [0.4, 0.5) is 0 Å². The lowest BCUT2D eigenvalue weighted by Gasteiger charge is -2.40. The molecule has 8 aliphatic rings. The molecule has 0 radical (unpaired) electrons. The zero-order chi connectivity index (χ0) is 45.2. The summed E-state index contributed by atoms with van der Waals surface area (Å²) in [5.41, 5.74) is 7.46. The van der Waals surface area contributed by atoms with Gasteiger partial charge in [-0.05, 0) is 123 Å². The van der Waals surface area contributed by atoms with Gasteiger partial charge in [-0.3, -0.25) is 53.1 Å². The highest BCUT2D eigenvalue weighted by atomic mass is 16.5.